The average molecular weight is 271 g/mol. The molecule has 0 aliphatic carbocycles. The number of aromatic amines is 1. The van der Waals surface area contributed by atoms with Gasteiger partial charge in [-0.05, 0) is 24.3 Å². The van der Waals surface area contributed by atoms with Crippen LogP contribution in [0, 0.1) is 5.41 Å². The first kappa shape index (κ1) is 13.4. The van der Waals surface area contributed by atoms with Gasteiger partial charge in [-0.2, -0.15) is 0 Å². The van der Waals surface area contributed by atoms with Gasteiger partial charge in [0.1, 0.15) is 5.69 Å². The van der Waals surface area contributed by atoms with Crippen molar-refractivity contribution in [2.45, 2.75) is 32.8 Å². The molecule has 0 spiro atoms. The van der Waals surface area contributed by atoms with Gasteiger partial charge < -0.3 is 15.0 Å². The SMILES string of the molecule is CC1(C)C[C@H](O)CCN(C(=O)c2cc(Cl)c[nH]2)C1. The molecule has 1 aromatic rings. The number of H-pyrrole nitrogens is 1. The van der Waals surface area contributed by atoms with Gasteiger partial charge in [0.25, 0.3) is 5.91 Å². The predicted octanol–water partition coefficient (Wildman–Crippen LogP) is 2.29. The van der Waals surface area contributed by atoms with E-state index in [1.807, 2.05) is 0 Å². The second-order valence-corrected chi connectivity index (χ2v) is 6.21. The van der Waals surface area contributed by atoms with Gasteiger partial charge in [-0.3, -0.25) is 4.79 Å². The number of nitrogens with zero attached hydrogens (tertiary/aromatic N) is 1. The lowest BCUT2D eigenvalue weighted by atomic mass is 9.87. The lowest BCUT2D eigenvalue weighted by Crippen LogP contribution is -2.37. The Morgan fingerprint density at radius 1 is 1.61 bits per heavy atom. The molecule has 0 saturated carbocycles. The molecule has 18 heavy (non-hydrogen) atoms. The lowest BCUT2D eigenvalue weighted by Gasteiger charge is -2.29. The van der Waals surface area contributed by atoms with Crippen molar-refractivity contribution in [2.75, 3.05) is 13.1 Å². The van der Waals surface area contributed by atoms with Gasteiger partial charge in [0, 0.05) is 19.3 Å². The minimum Gasteiger partial charge on any atom is -0.393 e. The molecule has 1 saturated heterocycles. The van der Waals surface area contributed by atoms with Crippen molar-refractivity contribution in [3.8, 4) is 0 Å². The van der Waals surface area contributed by atoms with E-state index in [0.29, 0.717) is 30.2 Å². The third-order valence-corrected chi connectivity index (χ3v) is 3.52. The van der Waals surface area contributed by atoms with Crippen molar-refractivity contribution in [3.63, 3.8) is 0 Å². The summed E-state index contributed by atoms with van der Waals surface area (Å²) in [4.78, 5) is 17.0. The molecule has 5 heteroatoms. The highest BCUT2D eigenvalue weighted by Gasteiger charge is 2.31. The molecular weight excluding hydrogens is 252 g/mol. The number of aliphatic hydroxyl groups is 1. The fraction of sp³-hybridized carbons (Fsp3) is 0.615. The highest BCUT2D eigenvalue weighted by atomic mass is 35.5. The van der Waals surface area contributed by atoms with E-state index >= 15 is 0 Å². The van der Waals surface area contributed by atoms with Gasteiger partial charge >= 0.3 is 0 Å². The molecular formula is C13H19ClN2O2. The molecule has 2 N–H and O–H groups in total. The van der Waals surface area contributed by atoms with Crippen LogP contribution in [-0.2, 0) is 0 Å². The summed E-state index contributed by atoms with van der Waals surface area (Å²) in [6.07, 6.45) is 2.63. The molecule has 4 nitrogen and oxygen atoms in total. The summed E-state index contributed by atoms with van der Waals surface area (Å²) in [5.41, 5.74) is 0.439. The molecule has 2 heterocycles. The Hall–Kier alpha value is -1.00. The van der Waals surface area contributed by atoms with Crippen molar-refractivity contribution in [1.82, 2.24) is 9.88 Å². The number of rotatable bonds is 1. The van der Waals surface area contributed by atoms with E-state index in [2.05, 4.69) is 18.8 Å². The van der Waals surface area contributed by atoms with E-state index in [9.17, 15) is 9.90 Å². The van der Waals surface area contributed by atoms with E-state index in [4.69, 9.17) is 11.6 Å². The van der Waals surface area contributed by atoms with Crippen LogP contribution in [0.3, 0.4) is 0 Å². The maximum atomic E-state index is 12.3. The zero-order chi connectivity index (χ0) is 13.3. The first-order chi connectivity index (χ1) is 8.37. The normalized spacial score (nSPS) is 23.8. The van der Waals surface area contributed by atoms with Crippen LogP contribution in [0.15, 0.2) is 12.3 Å². The second kappa shape index (κ2) is 4.94. The van der Waals surface area contributed by atoms with Crippen molar-refractivity contribution in [1.29, 1.82) is 0 Å². The number of nitrogens with one attached hydrogen (secondary N) is 1. The largest absolute Gasteiger partial charge is 0.393 e. The topological polar surface area (TPSA) is 56.3 Å². The summed E-state index contributed by atoms with van der Waals surface area (Å²) in [5.74, 6) is -0.0518. The summed E-state index contributed by atoms with van der Waals surface area (Å²) in [5, 5.41) is 10.4. The Morgan fingerprint density at radius 2 is 2.33 bits per heavy atom. The number of likely N-dealkylation sites (tertiary alicyclic amines) is 1. The van der Waals surface area contributed by atoms with Crippen molar-refractivity contribution in [3.05, 3.63) is 23.0 Å². The van der Waals surface area contributed by atoms with Gasteiger partial charge in [-0.25, -0.2) is 0 Å². The van der Waals surface area contributed by atoms with Gasteiger partial charge in [0.05, 0.1) is 11.1 Å². The Balaban J connectivity index is 2.15. The molecule has 100 valence electrons. The van der Waals surface area contributed by atoms with Crippen LogP contribution in [0.2, 0.25) is 5.02 Å². The molecule has 0 aromatic carbocycles. The number of amides is 1. The van der Waals surface area contributed by atoms with Crippen molar-refractivity contribution in [2.24, 2.45) is 5.41 Å². The third-order valence-electron chi connectivity index (χ3n) is 3.30. The first-order valence-corrected chi connectivity index (χ1v) is 6.56. The molecule has 0 radical (unpaired) electrons. The smallest absolute Gasteiger partial charge is 0.270 e. The van der Waals surface area contributed by atoms with Crippen LogP contribution in [0.4, 0.5) is 0 Å². The highest BCUT2D eigenvalue weighted by molar-refractivity contribution is 6.30. The van der Waals surface area contributed by atoms with E-state index in [1.165, 1.54) is 0 Å². The van der Waals surface area contributed by atoms with Crippen LogP contribution in [0.25, 0.3) is 0 Å². The molecule has 1 fully saturated rings. The van der Waals surface area contributed by atoms with Gasteiger partial charge in [-0.1, -0.05) is 25.4 Å². The number of aliphatic hydroxyl groups excluding tert-OH is 1. The second-order valence-electron chi connectivity index (χ2n) is 5.77. The standard InChI is InChI=1S/C13H19ClN2O2/c1-13(2)6-10(17)3-4-16(8-13)12(18)11-5-9(14)7-15-11/h5,7,10,15,17H,3-4,6,8H2,1-2H3/t10-/m1/s1. The Kier molecular flexibility index (Phi) is 3.69. The third kappa shape index (κ3) is 3.06. The molecule has 1 aliphatic heterocycles. The fourth-order valence-electron chi connectivity index (χ4n) is 2.54. The number of hydrogen-bond donors (Lipinski definition) is 2. The number of hydrogen-bond acceptors (Lipinski definition) is 2. The zero-order valence-corrected chi connectivity index (χ0v) is 11.5. The lowest BCUT2D eigenvalue weighted by molar-refractivity contribution is 0.0699. The molecule has 1 aromatic heterocycles. The summed E-state index contributed by atoms with van der Waals surface area (Å²) in [6, 6.07) is 1.64. The molecule has 1 aliphatic rings. The van der Waals surface area contributed by atoms with Gasteiger partial charge in [0.15, 0.2) is 0 Å². The first-order valence-electron chi connectivity index (χ1n) is 6.19. The zero-order valence-electron chi connectivity index (χ0n) is 10.7. The molecule has 2 rings (SSSR count). The maximum Gasteiger partial charge on any atom is 0.270 e. The van der Waals surface area contributed by atoms with Crippen LogP contribution in [0.5, 0.6) is 0 Å². The quantitative estimate of drug-likeness (QED) is 0.823. The van der Waals surface area contributed by atoms with E-state index in [0.717, 1.165) is 6.42 Å². The summed E-state index contributed by atoms with van der Waals surface area (Å²) >= 11 is 5.81. The minimum atomic E-state index is -0.329. The Morgan fingerprint density at radius 3 is 2.94 bits per heavy atom. The maximum absolute atomic E-state index is 12.3. The molecule has 0 unspecified atom stereocenters. The number of halogens is 1. The van der Waals surface area contributed by atoms with Crippen LogP contribution in [-0.4, -0.2) is 40.1 Å². The molecule has 0 bridgehead atoms. The van der Waals surface area contributed by atoms with Gasteiger partial charge in [0.2, 0.25) is 0 Å². The van der Waals surface area contributed by atoms with Crippen molar-refractivity contribution < 1.29 is 9.90 Å². The van der Waals surface area contributed by atoms with Crippen molar-refractivity contribution >= 4 is 17.5 Å². The van der Waals surface area contributed by atoms with Crippen LogP contribution in [0.1, 0.15) is 37.2 Å². The summed E-state index contributed by atoms with van der Waals surface area (Å²) in [7, 11) is 0. The summed E-state index contributed by atoms with van der Waals surface area (Å²) in [6.45, 7) is 5.38. The number of carbonyl (C=O) groups is 1. The number of aromatic nitrogens is 1. The van der Waals surface area contributed by atoms with E-state index in [1.54, 1.807) is 17.2 Å². The minimum absolute atomic E-state index is 0.0518. The summed E-state index contributed by atoms with van der Waals surface area (Å²) < 4.78 is 0. The molecule has 1 atom stereocenters. The van der Waals surface area contributed by atoms with Crippen LogP contribution >= 0.6 is 11.6 Å². The van der Waals surface area contributed by atoms with Crippen LogP contribution < -0.4 is 0 Å². The van der Waals surface area contributed by atoms with E-state index in [-0.39, 0.29) is 17.4 Å². The van der Waals surface area contributed by atoms with Gasteiger partial charge in [-0.15, -0.1) is 0 Å². The average Bonchev–Trinajstić information content (AvgIpc) is 2.63. The predicted molar refractivity (Wildman–Crippen MR) is 70.7 cm³/mol. The highest BCUT2D eigenvalue weighted by Crippen LogP contribution is 2.29. The number of carbonyl (C=O) groups excluding carboxylic acids is 1. The van der Waals surface area contributed by atoms with E-state index < -0.39 is 0 Å². The monoisotopic (exact) mass is 270 g/mol. The molecule has 1 amide bonds. The fourth-order valence-corrected chi connectivity index (χ4v) is 2.70. The Labute approximate surface area is 112 Å². The Bertz CT molecular complexity index is 442.